The first-order valence-corrected chi connectivity index (χ1v) is 7.67. The van der Waals surface area contributed by atoms with Crippen LogP contribution < -0.4 is 5.32 Å². The van der Waals surface area contributed by atoms with Gasteiger partial charge in [-0.05, 0) is 42.0 Å². The highest BCUT2D eigenvalue weighted by Gasteiger charge is 2.22. The van der Waals surface area contributed by atoms with Crippen LogP contribution in [0.25, 0.3) is 0 Å². The molecule has 2 aromatic carbocycles. The summed E-state index contributed by atoms with van der Waals surface area (Å²) in [5.74, 6) is -1.43. The minimum absolute atomic E-state index is 0.273. The van der Waals surface area contributed by atoms with E-state index in [0.717, 1.165) is 10.0 Å². The molecule has 0 aliphatic heterocycles. The number of hydrogen-bond donors (Lipinski definition) is 1. The topological polar surface area (TPSA) is 55.4 Å². The summed E-state index contributed by atoms with van der Waals surface area (Å²) < 4.78 is 18.5. The van der Waals surface area contributed by atoms with Gasteiger partial charge in [-0.15, -0.1) is 0 Å². The molecule has 0 bridgehead atoms. The molecule has 0 saturated carbocycles. The van der Waals surface area contributed by atoms with Gasteiger partial charge in [0.15, 0.2) is 0 Å². The summed E-state index contributed by atoms with van der Waals surface area (Å²) in [5.41, 5.74) is 1.14. The van der Waals surface area contributed by atoms with E-state index in [0.29, 0.717) is 6.42 Å². The molecule has 2 aromatic rings. The van der Waals surface area contributed by atoms with Crippen molar-refractivity contribution in [2.45, 2.75) is 12.5 Å². The molecule has 1 atom stereocenters. The highest BCUT2D eigenvalue weighted by atomic mass is 79.9. The lowest BCUT2D eigenvalue weighted by molar-refractivity contribution is -0.142. The van der Waals surface area contributed by atoms with Gasteiger partial charge in [0.25, 0.3) is 5.91 Å². The molecule has 23 heavy (non-hydrogen) atoms. The average Bonchev–Trinajstić information content (AvgIpc) is 2.54. The number of ether oxygens (including phenoxy) is 1. The second-order valence-electron chi connectivity index (χ2n) is 4.89. The molecule has 0 heterocycles. The molecule has 0 aliphatic carbocycles. The van der Waals surface area contributed by atoms with E-state index >= 15 is 0 Å². The first-order valence-electron chi connectivity index (χ1n) is 6.88. The highest BCUT2D eigenvalue weighted by molar-refractivity contribution is 9.10. The number of hydrogen-bond acceptors (Lipinski definition) is 3. The zero-order chi connectivity index (χ0) is 16.8. The third-order valence-corrected chi connectivity index (χ3v) is 3.72. The van der Waals surface area contributed by atoms with Crippen molar-refractivity contribution in [3.8, 4) is 0 Å². The van der Waals surface area contributed by atoms with Gasteiger partial charge in [0.05, 0.1) is 7.11 Å². The first-order chi connectivity index (χ1) is 11.0. The summed E-state index contributed by atoms with van der Waals surface area (Å²) in [7, 11) is 1.26. The number of carbonyl (C=O) groups excluding carboxylic acids is 2. The normalized spacial score (nSPS) is 11.6. The van der Waals surface area contributed by atoms with Crippen LogP contribution in [0.3, 0.4) is 0 Å². The lowest BCUT2D eigenvalue weighted by Gasteiger charge is -2.17. The summed E-state index contributed by atoms with van der Waals surface area (Å²) >= 11 is 3.36. The van der Waals surface area contributed by atoms with Crippen LogP contribution in [0.15, 0.2) is 53.0 Å². The van der Waals surface area contributed by atoms with Crippen molar-refractivity contribution in [3.63, 3.8) is 0 Å². The maximum absolute atomic E-state index is 12.9. The molecule has 120 valence electrons. The van der Waals surface area contributed by atoms with Crippen molar-refractivity contribution in [2.24, 2.45) is 0 Å². The van der Waals surface area contributed by atoms with E-state index in [9.17, 15) is 14.0 Å². The quantitative estimate of drug-likeness (QED) is 0.812. The molecule has 4 nitrogen and oxygen atoms in total. The van der Waals surface area contributed by atoms with Crippen LogP contribution in [0.4, 0.5) is 4.39 Å². The van der Waals surface area contributed by atoms with E-state index in [4.69, 9.17) is 4.74 Å². The Labute approximate surface area is 141 Å². The number of carbonyl (C=O) groups is 2. The maximum Gasteiger partial charge on any atom is 0.328 e. The Morgan fingerprint density at radius 1 is 1.22 bits per heavy atom. The van der Waals surface area contributed by atoms with Gasteiger partial charge in [0, 0.05) is 16.5 Å². The Morgan fingerprint density at radius 2 is 1.91 bits per heavy atom. The van der Waals surface area contributed by atoms with E-state index in [2.05, 4.69) is 21.2 Å². The summed E-state index contributed by atoms with van der Waals surface area (Å²) in [5, 5.41) is 2.62. The van der Waals surface area contributed by atoms with Crippen molar-refractivity contribution in [1.29, 1.82) is 0 Å². The predicted molar refractivity (Wildman–Crippen MR) is 87.5 cm³/mol. The monoisotopic (exact) mass is 379 g/mol. The number of benzene rings is 2. The Hall–Kier alpha value is -2.21. The Balaban J connectivity index is 2.13. The van der Waals surface area contributed by atoms with Gasteiger partial charge in [-0.25, -0.2) is 9.18 Å². The van der Waals surface area contributed by atoms with E-state index in [-0.39, 0.29) is 5.56 Å². The third-order valence-electron chi connectivity index (χ3n) is 3.23. The first kappa shape index (κ1) is 17.1. The summed E-state index contributed by atoms with van der Waals surface area (Å²) in [6.07, 6.45) is 0.291. The van der Waals surface area contributed by atoms with Crippen molar-refractivity contribution in [3.05, 3.63) is 69.9 Å². The van der Waals surface area contributed by atoms with Crippen LogP contribution in [-0.4, -0.2) is 25.0 Å². The molecule has 2 rings (SSSR count). The van der Waals surface area contributed by atoms with Crippen LogP contribution in [-0.2, 0) is 16.0 Å². The largest absolute Gasteiger partial charge is 0.467 e. The standard InChI is InChI=1S/C17H15BrFNO3/c1-23-17(22)15(10-11-3-2-4-13(18)9-11)20-16(21)12-5-7-14(19)8-6-12/h2-9,15H,10H2,1H3,(H,20,21)/t15-/m0/s1. The molecule has 0 fully saturated rings. The van der Waals surface area contributed by atoms with E-state index in [1.807, 2.05) is 24.3 Å². The summed E-state index contributed by atoms with van der Waals surface area (Å²) in [6, 6.07) is 11.7. The number of halogens is 2. The van der Waals surface area contributed by atoms with Gasteiger partial charge >= 0.3 is 5.97 Å². The molecule has 1 amide bonds. The zero-order valence-corrected chi connectivity index (χ0v) is 14.0. The van der Waals surface area contributed by atoms with Crippen molar-refractivity contribution in [2.75, 3.05) is 7.11 Å². The Kier molecular flexibility index (Phi) is 5.87. The molecule has 0 aliphatic rings. The number of amides is 1. The number of methoxy groups -OCH3 is 1. The van der Waals surface area contributed by atoms with Crippen molar-refractivity contribution >= 4 is 27.8 Å². The van der Waals surface area contributed by atoms with Crippen LogP contribution in [0.5, 0.6) is 0 Å². The number of rotatable bonds is 5. The van der Waals surface area contributed by atoms with Crippen molar-refractivity contribution in [1.82, 2.24) is 5.32 Å². The molecule has 0 saturated heterocycles. The van der Waals surface area contributed by atoms with E-state index in [1.54, 1.807) is 0 Å². The van der Waals surface area contributed by atoms with Gasteiger partial charge < -0.3 is 10.1 Å². The lowest BCUT2D eigenvalue weighted by atomic mass is 10.1. The van der Waals surface area contributed by atoms with Crippen LogP contribution in [0.1, 0.15) is 15.9 Å². The number of esters is 1. The van der Waals surface area contributed by atoms with Crippen LogP contribution in [0, 0.1) is 5.82 Å². The molecular weight excluding hydrogens is 365 g/mol. The second kappa shape index (κ2) is 7.87. The molecule has 6 heteroatoms. The summed E-state index contributed by atoms with van der Waals surface area (Å²) in [6.45, 7) is 0. The zero-order valence-electron chi connectivity index (χ0n) is 12.4. The molecule has 0 aromatic heterocycles. The van der Waals surface area contributed by atoms with Gasteiger partial charge in [-0.1, -0.05) is 28.1 Å². The van der Waals surface area contributed by atoms with Crippen LogP contribution >= 0.6 is 15.9 Å². The van der Waals surface area contributed by atoms with E-state index in [1.165, 1.54) is 31.4 Å². The molecule has 0 unspecified atom stereocenters. The summed E-state index contributed by atoms with van der Waals surface area (Å²) in [4.78, 5) is 24.1. The van der Waals surface area contributed by atoms with Crippen molar-refractivity contribution < 1.29 is 18.7 Å². The van der Waals surface area contributed by atoms with Gasteiger partial charge in [-0.3, -0.25) is 4.79 Å². The Bertz CT molecular complexity index is 703. The fourth-order valence-electron chi connectivity index (χ4n) is 2.08. The third kappa shape index (κ3) is 4.89. The maximum atomic E-state index is 12.9. The van der Waals surface area contributed by atoms with Gasteiger partial charge in [0.2, 0.25) is 0 Å². The molecule has 0 radical (unpaired) electrons. The smallest absolute Gasteiger partial charge is 0.328 e. The average molecular weight is 380 g/mol. The fraction of sp³-hybridized carbons (Fsp3) is 0.176. The molecule has 1 N–H and O–H groups in total. The SMILES string of the molecule is COC(=O)[C@H](Cc1cccc(Br)c1)NC(=O)c1ccc(F)cc1. The fourth-order valence-corrected chi connectivity index (χ4v) is 2.52. The van der Waals surface area contributed by atoms with Crippen LogP contribution in [0.2, 0.25) is 0 Å². The highest BCUT2D eigenvalue weighted by Crippen LogP contribution is 2.14. The molecule has 0 spiro atoms. The Morgan fingerprint density at radius 3 is 2.52 bits per heavy atom. The lowest BCUT2D eigenvalue weighted by Crippen LogP contribution is -2.43. The minimum Gasteiger partial charge on any atom is -0.467 e. The minimum atomic E-state index is -0.827. The van der Waals surface area contributed by atoms with Gasteiger partial charge in [-0.2, -0.15) is 0 Å². The predicted octanol–water partition coefficient (Wildman–Crippen LogP) is 3.10. The molecular formula is C17H15BrFNO3. The van der Waals surface area contributed by atoms with E-state index < -0.39 is 23.7 Å². The number of nitrogens with one attached hydrogen (secondary N) is 1. The van der Waals surface area contributed by atoms with Gasteiger partial charge in [0.1, 0.15) is 11.9 Å². The second-order valence-corrected chi connectivity index (χ2v) is 5.81.